The fraction of sp³-hybridized carbons (Fsp3) is 0.200. The van der Waals surface area contributed by atoms with E-state index >= 15 is 0 Å². The summed E-state index contributed by atoms with van der Waals surface area (Å²) in [6.45, 7) is 0.838. The molecule has 1 nitrogen and oxygen atoms in total. The molecule has 0 bridgehead atoms. The molecule has 2 rings (SSSR count). The summed E-state index contributed by atoms with van der Waals surface area (Å²) in [5.74, 6) is 1.03. The third-order valence-electron chi connectivity index (χ3n) is 1.76. The van der Waals surface area contributed by atoms with E-state index in [0.717, 1.165) is 18.8 Å². The Balaban J connectivity index is 2.29. The molecule has 1 aliphatic rings. The summed E-state index contributed by atoms with van der Waals surface area (Å²) in [5.41, 5.74) is 1.19. The lowest BCUT2D eigenvalue weighted by Crippen LogP contribution is -1.84. The number of benzene rings is 1. The minimum absolute atomic E-state index is 0.838. The van der Waals surface area contributed by atoms with Crippen molar-refractivity contribution in [3.8, 4) is 0 Å². The average molecular weight is 146 g/mol. The molecule has 0 aromatic heterocycles. The Labute approximate surface area is 66.3 Å². The summed E-state index contributed by atoms with van der Waals surface area (Å²) in [6, 6.07) is 10.2. The molecule has 1 aromatic rings. The van der Waals surface area contributed by atoms with Gasteiger partial charge in [0.05, 0.1) is 6.61 Å². The normalized spacial score (nSPS) is 15.8. The molecule has 0 aliphatic carbocycles. The Bertz CT molecular complexity index is 261. The maximum absolute atomic E-state index is 5.40. The Morgan fingerprint density at radius 1 is 1.09 bits per heavy atom. The van der Waals surface area contributed by atoms with E-state index in [1.165, 1.54) is 5.56 Å². The molecule has 1 aromatic carbocycles. The molecule has 56 valence electrons. The summed E-state index contributed by atoms with van der Waals surface area (Å²) in [6.07, 6.45) is 3.18. The molecule has 0 saturated carbocycles. The van der Waals surface area contributed by atoms with Crippen LogP contribution < -0.4 is 0 Å². The van der Waals surface area contributed by atoms with Crippen LogP contribution in [-0.4, -0.2) is 6.61 Å². The van der Waals surface area contributed by atoms with Gasteiger partial charge < -0.3 is 4.74 Å². The van der Waals surface area contributed by atoms with Crippen molar-refractivity contribution in [1.29, 1.82) is 0 Å². The minimum atomic E-state index is 0.838. The molecular weight excluding hydrogens is 136 g/mol. The van der Waals surface area contributed by atoms with E-state index in [2.05, 4.69) is 18.2 Å². The third-order valence-corrected chi connectivity index (χ3v) is 1.76. The molecule has 0 unspecified atom stereocenters. The average Bonchev–Trinajstić information content (AvgIpc) is 2.58. The van der Waals surface area contributed by atoms with Crippen LogP contribution in [0.3, 0.4) is 0 Å². The second-order valence-electron chi connectivity index (χ2n) is 2.57. The van der Waals surface area contributed by atoms with Crippen LogP contribution in [0, 0.1) is 0 Å². The predicted molar refractivity (Wildman–Crippen MR) is 45.0 cm³/mol. The molecule has 0 saturated heterocycles. The largest absolute Gasteiger partial charge is 0.493 e. The van der Waals surface area contributed by atoms with Crippen molar-refractivity contribution in [2.45, 2.75) is 6.42 Å². The van der Waals surface area contributed by atoms with Gasteiger partial charge in [0.1, 0.15) is 5.76 Å². The number of ether oxygens (including phenoxy) is 1. The number of rotatable bonds is 1. The fourth-order valence-corrected chi connectivity index (χ4v) is 1.22. The molecule has 1 heteroatoms. The lowest BCUT2D eigenvalue weighted by Gasteiger charge is -2.01. The summed E-state index contributed by atoms with van der Waals surface area (Å²) < 4.78 is 5.40. The topological polar surface area (TPSA) is 9.23 Å². The van der Waals surface area contributed by atoms with Gasteiger partial charge in [-0.05, 0) is 6.08 Å². The van der Waals surface area contributed by atoms with E-state index in [1.54, 1.807) is 0 Å². The van der Waals surface area contributed by atoms with Crippen molar-refractivity contribution in [3.05, 3.63) is 42.0 Å². The Hall–Kier alpha value is -1.24. The van der Waals surface area contributed by atoms with Crippen LogP contribution >= 0.6 is 0 Å². The summed E-state index contributed by atoms with van der Waals surface area (Å²) in [5, 5.41) is 0. The molecule has 1 aliphatic heterocycles. The Morgan fingerprint density at radius 3 is 2.55 bits per heavy atom. The zero-order valence-electron chi connectivity index (χ0n) is 6.29. The zero-order chi connectivity index (χ0) is 7.52. The fourth-order valence-electron chi connectivity index (χ4n) is 1.22. The van der Waals surface area contributed by atoms with Gasteiger partial charge in [-0.25, -0.2) is 0 Å². The Morgan fingerprint density at radius 2 is 1.91 bits per heavy atom. The second kappa shape index (κ2) is 2.79. The molecule has 11 heavy (non-hydrogen) atoms. The molecule has 0 amide bonds. The molecule has 0 atom stereocenters. The molecule has 0 spiro atoms. The lowest BCUT2D eigenvalue weighted by molar-refractivity contribution is 0.307. The molecular formula is C10H10O. The van der Waals surface area contributed by atoms with Crippen LogP contribution in [0.2, 0.25) is 0 Å². The minimum Gasteiger partial charge on any atom is -0.493 e. The molecule has 1 heterocycles. The van der Waals surface area contributed by atoms with Crippen LogP contribution in [0.1, 0.15) is 12.0 Å². The highest BCUT2D eigenvalue weighted by atomic mass is 16.5. The van der Waals surface area contributed by atoms with E-state index in [9.17, 15) is 0 Å². The quantitative estimate of drug-likeness (QED) is 0.591. The smallest absolute Gasteiger partial charge is 0.122 e. The van der Waals surface area contributed by atoms with Gasteiger partial charge in [0, 0.05) is 12.0 Å². The maximum atomic E-state index is 5.40. The first kappa shape index (κ1) is 6.47. The van der Waals surface area contributed by atoms with E-state index in [0.29, 0.717) is 0 Å². The van der Waals surface area contributed by atoms with Crippen molar-refractivity contribution in [3.63, 3.8) is 0 Å². The predicted octanol–water partition coefficient (Wildman–Crippen LogP) is 2.45. The van der Waals surface area contributed by atoms with Crippen LogP contribution in [0.5, 0.6) is 0 Å². The lowest BCUT2D eigenvalue weighted by atomic mass is 10.2. The van der Waals surface area contributed by atoms with Crippen molar-refractivity contribution < 1.29 is 4.74 Å². The van der Waals surface area contributed by atoms with Gasteiger partial charge in [-0.3, -0.25) is 0 Å². The summed E-state index contributed by atoms with van der Waals surface area (Å²) >= 11 is 0. The van der Waals surface area contributed by atoms with Crippen LogP contribution in [0.25, 0.3) is 5.76 Å². The first-order chi connectivity index (χ1) is 5.47. The van der Waals surface area contributed by atoms with Gasteiger partial charge >= 0.3 is 0 Å². The molecule has 0 N–H and O–H groups in total. The van der Waals surface area contributed by atoms with Gasteiger partial charge in [0.15, 0.2) is 0 Å². The first-order valence-electron chi connectivity index (χ1n) is 3.85. The monoisotopic (exact) mass is 146 g/mol. The van der Waals surface area contributed by atoms with Crippen molar-refractivity contribution in [2.75, 3.05) is 6.61 Å². The number of hydrogen-bond acceptors (Lipinski definition) is 1. The van der Waals surface area contributed by atoms with Crippen LogP contribution in [0.4, 0.5) is 0 Å². The first-order valence-corrected chi connectivity index (χ1v) is 3.85. The number of hydrogen-bond donors (Lipinski definition) is 0. The molecule has 0 radical (unpaired) electrons. The highest BCUT2D eigenvalue weighted by molar-refractivity contribution is 5.60. The second-order valence-corrected chi connectivity index (χ2v) is 2.57. The van der Waals surface area contributed by atoms with Crippen molar-refractivity contribution >= 4 is 5.76 Å². The van der Waals surface area contributed by atoms with Crippen LogP contribution in [-0.2, 0) is 4.74 Å². The van der Waals surface area contributed by atoms with E-state index in [-0.39, 0.29) is 0 Å². The third kappa shape index (κ3) is 1.27. The van der Waals surface area contributed by atoms with E-state index < -0.39 is 0 Å². The van der Waals surface area contributed by atoms with Gasteiger partial charge in [0.25, 0.3) is 0 Å². The van der Waals surface area contributed by atoms with Gasteiger partial charge in [-0.15, -0.1) is 0 Å². The van der Waals surface area contributed by atoms with Crippen molar-refractivity contribution in [2.24, 2.45) is 0 Å². The van der Waals surface area contributed by atoms with Gasteiger partial charge in [0.2, 0.25) is 0 Å². The van der Waals surface area contributed by atoms with Crippen LogP contribution in [0.15, 0.2) is 36.4 Å². The summed E-state index contributed by atoms with van der Waals surface area (Å²) in [7, 11) is 0. The standard InChI is InChI=1S/C10H10O/c1-2-5-9(6-3-1)10-7-4-8-11-10/h1-3,5-7H,4,8H2. The highest BCUT2D eigenvalue weighted by Gasteiger charge is 2.05. The SMILES string of the molecule is C1=C(c2ccccc2)OCC1. The Kier molecular flexibility index (Phi) is 1.64. The van der Waals surface area contributed by atoms with E-state index in [4.69, 9.17) is 4.74 Å². The van der Waals surface area contributed by atoms with Crippen molar-refractivity contribution in [1.82, 2.24) is 0 Å². The highest BCUT2D eigenvalue weighted by Crippen LogP contribution is 2.20. The molecule has 0 fully saturated rings. The zero-order valence-corrected chi connectivity index (χ0v) is 6.29. The van der Waals surface area contributed by atoms with Gasteiger partial charge in [-0.1, -0.05) is 30.3 Å². The maximum Gasteiger partial charge on any atom is 0.122 e. The van der Waals surface area contributed by atoms with E-state index in [1.807, 2.05) is 18.2 Å². The summed E-state index contributed by atoms with van der Waals surface area (Å²) in [4.78, 5) is 0. The van der Waals surface area contributed by atoms with Gasteiger partial charge in [-0.2, -0.15) is 0 Å².